The summed E-state index contributed by atoms with van der Waals surface area (Å²) in [5.74, 6) is -0.834. The average molecular weight is 258 g/mol. The predicted octanol–water partition coefficient (Wildman–Crippen LogP) is 0.792. The van der Waals surface area contributed by atoms with Crippen molar-refractivity contribution in [3.05, 3.63) is 34.9 Å². The second-order valence-corrected chi connectivity index (χ2v) is 5.08. The van der Waals surface area contributed by atoms with Gasteiger partial charge in [0, 0.05) is 25.6 Å². The van der Waals surface area contributed by atoms with Gasteiger partial charge in [-0.2, -0.15) is 0 Å². The van der Waals surface area contributed by atoms with Gasteiger partial charge in [-0.25, -0.2) is 0 Å². The van der Waals surface area contributed by atoms with Crippen LogP contribution in [0.15, 0.2) is 18.2 Å². The molecule has 5 nitrogen and oxygen atoms in total. The van der Waals surface area contributed by atoms with Gasteiger partial charge >= 0.3 is 0 Å². The first kappa shape index (κ1) is 11.9. The van der Waals surface area contributed by atoms with Crippen molar-refractivity contribution < 1.29 is 14.4 Å². The molecule has 1 unspecified atom stereocenters. The highest BCUT2D eigenvalue weighted by Gasteiger charge is 2.30. The van der Waals surface area contributed by atoms with Crippen LogP contribution in [0, 0.1) is 0 Å². The number of fused-ring (bicyclic) bond motifs is 1. The summed E-state index contributed by atoms with van der Waals surface area (Å²) in [6.07, 6.45) is 0.856. The minimum atomic E-state index is -0.332. The van der Waals surface area contributed by atoms with Gasteiger partial charge in [0.25, 0.3) is 5.91 Å². The van der Waals surface area contributed by atoms with Crippen molar-refractivity contribution in [2.45, 2.75) is 25.3 Å². The molecule has 0 saturated carbocycles. The summed E-state index contributed by atoms with van der Waals surface area (Å²) < 4.78 is 0. The molecule has 1 atom stereocenters. The van der Waals surface area contributed by atoms with Gasteiger partial charge in [0.15, 0.2) is 0 Å². The molecule has 1 aromatic rings. The van der Waals surface area contributed by atoms with Crippen molar-refractivity contribution in [1.29, 1.82) is 0 Å². The highest BCUT2D eigenvalue weighted by molar-refractivity contribution is 6.02. The van der Waals surface area contributed by atoms with E-state index in [1.54, 1.807) is 18.0 Å². The van der Waals surface area contributed by atoms with E-state index in [1.165, 1.54) is 0 Å². The summed E-state index contributed by atoms with van der Waals surface area (Å²) in [7, 11) is 1.76. The van der Waals surface area contributed by atoms with E-state index >= 15 is 0 Å². The lowest BCUT2D eigenvalue weighted by molar-refractivity contribution is -0.134. The highest BCUT2D eigenvalue weighted by atomic mass is 16.2. The van der Waals surface area contributed by atoms with Crippen LogP contribution in [0.25, 0.3) is 0 Å². The molecule has 0 bridgehead atoms. The number of nitrogens with one attached hydrogen (secondary N) is 1. The number of benzene rings is 1. The van der Waals surface area contributed by atoms with Crippen LogP contribution in [-0.2, 0) is 16.1 Å². The molecule has 0 aromatic heterocycles. The third-order valence-corrected chi connectivity index (χ3v) is 3.76. The van der Waals surface area contributed by atoms with Crippen LogP contribution in [0.5, 0.6) is 0 Å². The number of hydrogen-bond acceptors (Lipinski definition) is 3. The number of carbonyl (C=O) groups is 3. The van der Waals surface area contributed by atoms with Crippen LogP contribution in [0.4, 0.5) is 0 Å². The summed E-state index contributed by atoms with van der Waals surface area (Å²) in [4.78, 5) is 36.6. The van der Waals surface area contributed by atoms with Gasteiger partial charge in [-0.05, 0) is 23.6 Å². The number of rotatable bonds is 1. The van der Waals surface area contributed by atoms with Gasteiger partial charge in [-0.3, -0.25) is 19.7 Å². The lowest BCUT2D eigenvalue weighted by Crippen LogP contribution is -2.39. The number of carbonyl (C=O) groups excluding carboxylic acids is 3. The molecule has 98 valence electrons. The molecular formula is C14H14N2O3. The molecule has 1 N–H and O–H groups in total. The highest BCUT2D eigenvalue weighted by Crippen LogP contribution is 2.29. The van der Waals surface area contributed by atoms with E-state index in [0.29, 0.717) is 24.9 Å². The van der Waals surface area contributed by atoms with E-state index in [1.807, 2.05) is 12.1 Å². The largest absolute Gasteiger partial charge is 0.337 e. The van der Waals surface area contributed by atoms with Crippen molar-refractivity contribution >= 4 is 17.7 Å². The number of amides is 3. The lowest BCUT2D eigenvalue weighted by Gasteiger charge is -2.21. The predicted molar refractivity (Wildman–Crippen MR) is 67.4 cm³/mol. The van der Waals surface area contributed by atoms with Crippen molar-refractivity contribution in [3.8, 4) is 0 Å². The van der Waals surface area contributed by atoms with Crippen molar-refractivity contribution in [2.75, 3.05) is 7.05 Å². The fraction of sp³-hybridized carbons (Fsp3) is 0.357. The summed E-state index contributed by atoms with van der Waals surface area (Å²) in [6, 6.07) is 5.57. The minimum absolute atomic E-state index is 0.0101. The molecule has 0 spiro atoms. The molecular weight excluding hydrogens is 244 g/mol. The average Bonchev–Trinajstić information content (AvgIpc) is 2.65. The monoisotopic (exact) mass is 258 g/mol. The third-order valence-electron chi connectivity index (χ3n) is 3.76. The Hall–Kier alpha value is -2.17. The first-order valence-corrected chi connectivity index (χ1v) is 6.28. The number of piperidine rings is 1. The van der Waals surface area contributed by atoms with Gasteiger partial charge in [0.1, 0.15) is 0 Å². The Labute approximate surface area is 110 Å². The van der Waals surface area contributed by atoms with E-state index in [0.717, 1.165) is 11.1 Å². The number of hydrogen-bond donors (Lipinski definition) is 1. The van der Waals surface area contributed by atoms with E-state index < -0.39 is 0 Å². The molecule has 1 saturated heterocycles. The minimum Gasteiger partial charge on any atom is -0.337 e. The first-order chi connectivity index (χ1) is 9.06. The standard InChI is InChI=1S/C14H14N2O3/c1-16-7-9-3-2-8(6-11(9)14(16)19)10-4-5-12(17)15-13(10)18/h2-3,6,10H,4-5,7H2,1H3,(H,15,17,18). The normalized spacial score (nSPS) is 22.5. The fourth-order valence-electron chi connectivity index (χ4n) is 2.69. The maximum atomic E-state index is 11.9. The van der Waals surface area contributed by atoms with Crippen LogP contribution in [0.1, 0.15) is 40.2 Å². The second kappa shape index (κ2) is 4.19. The van der Waals surface area contributed by atoms with Crippen LogP contribution >= 0.6 is 0 Å². The Morgan fingerprint density at radius 1 is 1.26 bits per heavy atom. The van der Waals surface area contributed by atoms with Gasteiger partial charge in [0.05, 0.1) is 5.92 Å². The van der Waals surface area contributed by atoms with E-state index in [2.05, 4.69) is 5.32 Å². The zero-order valence-corrected chi connectivity index (χ0v) is 10.6. The molecule has 0 radical (unpaired) electrons. The molecule has 2 aliphatic heterocycles. The van der Waals surface area contributed by atoms with Crippen molar-refractivity contribution in [3.63, 3.8) is 0 Å². The van der Waals surface area contributed by atoms with Gasteiger partial charge in [-0.15, -0.1) is 0 Å². The van der Waals surface area contributed by atoms with E-state index in [-0.39, 0.29) is 23.6 Å². The Morgan fingerprint density at radius 2 is 2.05 bits per heavy atom. The quantitative estimate of drug-likeness (QED) is 0.757. The Kier molecular flexibility index (Phi) is 2.62. The van der Waals surface area contributed by atoms with E-state index in [9.17, 15) is 14.4 Å². The summed E-state index contributed by atoms with van der Waals surface area (Å²) in [6.45, 7) is 0.615. The topological polar surface area (TPSA) is 66.5 Å². The first-order valence-electron chi connectivity index (χ1n) is 6.28. The number of nitrogens with zero attached hydrogens (tertiary/aromatic N) is 1. The second-order valence-electron chi connectivity index (χ2n) is 5.08. The molecule has 3 amide bonds. The molecule has 2 aliphatic rings. The lowest BCUT2D eigenvalue weighted by atomic mass is 9.89. The molecule has 2 heterocycles. The fourth-order valence-corrected chi connectivity index (χ4v) is 2.69. The van der Waals surface area contributed by atoms with Gasteiger partial charge < -0.3 is 4.90 Å². The van der Waals surface area contributed by atoms with Crippen LogP contribution < -0.4 is 5.32 Å². The summed E-state index contributed by atoms with van der Waals surface area (Å²) in [5, 5.41) is 2.34. The molecule has 1 aromatic carbocycles. The Balaban J connectivity index is 1.93. The van der Waals surface area contributed by atoms with Crippen molar-refractivity contribution in [1.82, 2.24) is 10.2 Å². The smallest absolute Gasteiger partial charge is 0.254 e. The van der Waals surface area contributed by atoms with Crippen LogP contribution in [0.3, 0.4) is 0 Å². The number of imide groups is 1. The Bertz CT molecular complexity index is 594. The Morgan fingerprint density at radius 3 is 2.79 bits per heavy atom. The molecule has 19 heavy (non-hydrogen) atoms. The van der Waals surface area contributed by atoms with Crippen LogP contribution in [0.2, 0.25) is 0 Å². The summed E-state index contributed by atoms with van der Waals surface area (Å²) >= 11 is 0. The summed E-state index contributed by atoms with van der Waals surface area (Å²) in [5.41, 5.74) is 2.47. The van der Waals surface area contributed by atoms with Crippen molar-refractivity contribution in [2.24, 2.45) is 0 Å². The maximum Gasteiger partial charge on any atom is 0.254 e. The molecule has 5 heteroatoms. The van der Waals surface area contributed by atoms with Gasteiger partial charge in [-0.1, -0.05) is 12.1 Å². The van der Waals surface area contributed by atoms with E-state index in [4.69, 9.17) is 0 Å². The zero-order chi connectivity index (χ0) is 13.6. The zero-order valence-electron chi connectivity index (χ0n) is 10.6. The van der Waals surface area contributed by atoms with Crippen LogP contribution in [-0.4, -0.2) is 29.7 Å². The maximum absolute atomic E-state index is 11.9. The molecule has 0 aliphatic carbocycles. The van der Waals surface area contributed by atoms with Gasteiger partial charge in [0.2, 0.25) is 11.8 Å². The molecule has 1 fully saturated rings. The third kappa shape index (κ3) is 1.91. The SMILES string of the molecule is CN1Cc2ccc(C3CCC(=O)NC3=O)cc2C1=O. The molecule has 3 rings (SSSR count).